The number of methoxy groups -OCH3 is 1. The van der Waals surface area contributed by atoms with Crippen LogP contribution in [0.1, 0.15) is 12.8 Å². The van der Waals surface area contributed by atoms with Crippen LogP contribution in [-0.4, -0.2) is 34.8 Å². The van der Waals surface area contributed by atoms with Gasteiger partial charge in [0.25, 0.3) is 0 Å². The van der Waals surface area contributed by atoms with Crippen LogP contribution in [0.15, 0.2) is 53.4 Å². The largest absolute Gasteiger partial charge is 0.497 e. The van der Waals surface area contributed by atoms with E-state index in [0.717, 1.165) is 29.7 Å². The number of rotatable bonds is 6. The highest BCUT2D eigenvalue weighted by atomic mass is 32.2. The molecule has 0 bridgehead atoms. The smallest absolute Gasteiger partial charge is 0.240 e. The van der Waals surface area contributed by atoms with Crippen LogP contribution in [-0.2, 0) is 14.8 Å². The number of hydrogen-bond donors (Lipinski definition) is 1. The highest BCUT2D eigenvalue weighted by Gasteiger charge is 2.20. The van der Waals surface area contributed by atoms with Gasteiger partial charge in [0.1, 0.15) is 5.75 Å². The zero-order valence-electron chi connectivity index (χ0n) is 13.6. The van der Waals surface area contributed by atoms with E-state index in [2.05, 4.69) is 4.72 Å². The lowest BCUT2D eigenvalue weighted by atomic mass is 10.1. The molecule has 0 aromatic heterocycles. The molecule has 0 amide bonds. The van der Waals surface area contributed by atoms with Gasteiger partial charge in [-0.2, -0.15) is 0 Å². The van der Waals surface area contributed by atoms with Gasteiger partial charge < -0.3 is 9.47 Å². The molecule has 1 aliphatic rings. The fraction of sp³-hybridized carbons (Fsp3) is 0.333. The summed E-state index contributed by atoms with van der Waals surface area (Å²) < 4.78 is 37.9. The number of nitrogens with one attached hydrogen (secondary N) is 1. The summed E-state index contributed by atoms with van der Waals surface area (Å²) in [7, 11) is -1.88. The Labute approximate surface area is 142 Å². The molecule has 1 saturated heterocycles. The van der Waals surface area contributed by atoms with Crippen LogP contribution in [0.4, 0.5) is 0 Å². The summed E-state index contributed by atoms with van der Waals surface area (Å²) in [5, 5.41) is 0. The van der Waals surface area contributed by atoms with Gasteiger partial charge in [-0.05, 0) is 48.2 Å². The average molecular weight is 347 g/mol. The highest BCUT2D eigenvalue weighted by Crippen LogP contribution is 2.23. The van der Waals surface area contributed by atoms with Gasteiger partial charge in [-0.15, -0.1) is 0 Å². The second kappa shape index (κ2) is 7.34. The van der Waals surface area contributed by atoms with Gasteiger partial charge in [-0.25, -0.2) is 13.1 Å². The highest BCUT2D eigenvalue weighted by molar-refractivity contribution is 7.89. The van der Waals surface area contributed by atoms with Crippen LogP contribution in [0.2, 0.25) is 0 Å². The Kier molecular flexibility index (Phi) is 5.18. The molecular formula is C18H21NO4S. The van der Waals surface area contributed by atoms with Gasteiger partial charge in [0.2, 0.25) is 10.0 Å². The van der Waals surface area contributed by atoms with Gasteiger partial charge in [-0.1, -0.05) is 24.3 Å². The molecule has 24 heavy (non-hydrogen) atoms. The molecule has 0 spiro atoms. The zero-order chi connectivity index (χ0) is 17.0. The lowest BCUT2D eigenvalue weighted by Gasteiger charge is -2.12. The van der Waals surface area contributed by atoms with Gasteiger partial charge in [0.05, 0.1) is 18.1 Å². The van der Waals surface area contributed by atoms with E-state index in [1.807, 2.05) is 36.4 Å². The van der Waals surface area contributed by atoms with Gasteiger partial charge in [-0.3, -0.25) is 0 Å². The molecule has 2 aromatic rings. The van der Waals surface area contributed by atoms with Crippen LogP contribution in [0.3, 0.4) is 0 Å². The lowest BCUT2D eigenvalue weighted by molar-refractivity contribution is 0.114. The predicted molar refractivity (Wildman–Crippen MR) is 92.6 cm³/mol. The summed E-state index contributed by atoms with van der Waals surface area (Å²) in [5.74, 6) is 0.788. The SMILES string of the molecule is COc1ccc(-c2ccc(S(=O)(=O)NC[C@@H]3CCCO3)cc2)cc1. The Morgan fingerprint density at radius 1 is 1.08 bits per heavy atom. The number of benzene rings is 2. The van der Waals surface area contributed by atoms with E-state index in [4.69, 9.17) is 9.47 Å². The summed E-state index contributed by atoms with van der Waals surface area (Å²) in [4.78, 5) is 0.262. The van der Waals surface area contributed by atoms with Crippen molar-refractivity contribution in [3.63, 3.8) is 0 Å². The first-order chi connectivity index (χ1) is 11.6. The van der Waals surface area contributed by atoms with E-state index in [1.165, 1.54) is 0 Å². The number of hydrogen-bond acceptors (Lipinski definition) is 4. The van der Waals surface area contributed by atoms with E-state index in [0.29, 0.717) is 13.2 Å². The Morgan fingerprint density at radius 3 is 2.25 bits per heavy atom. The molecule has 1 fully saturated rings. The Hall–Kier alpha value is -1.89. The van der Waals surface area contributed by atoms with Crippen molar-refractivity contribution in [1.82, 2.24) is 4.72 Å². The second-order valence-corrected chi connectivity index (χ2v) is 7.51. The summed E-state index contributed by atoms with van der Waals surface area (Å²) >= 11 is 0. The van der Waals surface area contributed by atoms with E-state index >= 15 is 0 Å². The first-order valence-corrected chi connectivity index (χ1v) is 9.42. The lowest BCUT2D eigenvalue weighted by Crippen LogP contribution is -2.31. The third-order valence-corrected chi connectivity index (χ3v) is 5.55. The summed E-state index contributed by atoms with van der Waals surface area (Å²) in [6.07, 6.45) is 1.88. The molecule has 1 aliphatic heterocycles. The van der Waals surface area contributed by atoms with Crippen molar-refractivity contribution in [3.05, 3.63) is 48.5 Å². The standard InChI is InChI=1S/C18H21NO4S/c1-22-16-8-4-14(5-9-16)15-6-10-18(11-7-15)24(20,21)19-13-17-3-2-12-23-17/h4-11,17,19H,2-3,12-13H2,1H3/t17-/m0/s1. The van der Waals surface area contributed by atoms with Crippen LogP contribution in [0.5, 0.6) is 5.75 Å². The molecule has 0 saturated carbocycles. The predicted octanol–water partition coefficient (Wildman–Crippen LogP) is 2.82. The molecule has 0 radical (unpaired) electrons. The van der Waals surface area contributed by atoms with Crippen molar-refractivity contribution in [3.8, 4) is 16.9 Å². The molecule has 1 N–H and O–H groups in total. The topological polar surface area (TPSA) is 64.6 Å². The minimum absolute atomic E-state index is 0.0154. The quantitative estimate of drug-likeness (QED) is 0.873. The van der Waals surface area contributed by atoms with Crippen LogP contribution < -0.4 is 9.46 Å². The first-order valence-electron chi connectivity index (χ1n) is 7.94. The van der Waals surface area contributed by atoms with Crippen molar-refractivity contribution in [2.24, 2.45) is 0 Å². The average Bonchev–Trinajstić information content (AvgIpc) is 3.14. The minimum Gasteiger partial charge on any atom is -0.497 e. The van der Waals surface area contributed by atoms with Gasteiger partial charge in [0, 0.05) is 13.2 Å². The number of sulfonamides is 1. The number of ether oxygens (including phenoxy) is 2. The second-order valence-electron chi connectivity index (χ2n) is 5.74. The Morgan fingerprint density at radius 2 is 1.71 bits per heavy atom. The van der Waals surface area contributed by atoms with Crippen molar-refractivity contribution in [2.45, 2.75) is 23.8 Å². The maximum absolute atomic E-state index is 12.3. The van der Waals surface area contributed by atoms with Crippen molar-refractivity contribution in [2.75, 3.05) is 20.3 Å². The van der Waals surface area contributed by atoms with Crippen molar-refractivity contribution in [1.29, 1.82) is 0 Å². The molecule has 1 atom stereocenters. The molecule has 5 nitrogen and oxygen atoms in total. The maximum atomic E-state index is 12.3. The molecule has 128 valence electrons. The van der Waals surface area contributed by atoms with Gasteiger partial charge >= 0.3 is 0 Å². The first kappa shape index (κ1) is 17.0. The molecule has 0 aliphatic carbocycles. The zero-order valence-corrected chi connectivity index (χ0v) is 14.4. The fourth-order valence-corrected chi connectivity index (χ4v) is 3.77. The van der Waals surface area contributed by atoms with Crippen molar-refractivity contribution < 1.29 is 17.9 Å². The fourth-order valence-electron chi connectivity index (χ4n) is 2.70. The van der Waals surface area contributed by atoms with Crippen LogP contribution >= 0.6 is 0 Å². The van der Waals surface area contributed by atoms with E-state index < -0.39 is 10.0 Å². The summed E-state index contributed by atoms with van der Waals surface area (Å²) in [5.41, 5.74) is 1.96. The molecular weight excluding hydrogens is 326 g/mol. The molecule has 2 aromatic carbocycles. The summed E-state index contributed by atoms with van der Waals surface area (Å²) in [6, 6.07) is 14.5. The monoisotopic (exact) mass is 347 g/mol. The van der Waals surface area contributed by atoms with Gasteiger partial charge in [0.15, 0.2) is 0 Å². The normalized spacial score (nSPS) is 17.8. The Balaban J connectivity index is 1.70. The molecule has 3 rings (SSSR count). The third kappa shape index (κ3) is 3.95. The van der Waals surface area contributed by atoms with Crippen LogP contribution in [0, 0.1) is 0 Å². The summed E-state index contributed by atoms with van der Waals surface area (Å²) in [6.45, 7) is 1.03. The Bertz CT molecular complexity index is 764. The third-order valence-electron chi connectivity index (χ3n) is 4.11. The van der Waals surface area contributed by atoms with E-state index in [1.54, 1.807) is 19.2 Å². The maximum Gasteiger partial charge on any atom is 0.240 e. The van der Waals surface area contributed by atoms with E-state index in [9.17, 15) is 8.42 Å². The molecule has 0 unspecified atom stereocenters. The molecule has 1 heterocycles. The molecule has 6 heteroatoms. The van der Waals surface area contributed by atoms with E-state index in [-0.39, 0.29) is 11.0 Å². The van der Waals surface area contributed by atoms with Crippen molar-refractivity contribution >= 4 is 10.0 Å². The van der Waals surface area contributed by atoms with Crippen LogP contribution in [0.25, 0.3) is 11.1 Å². The minimum atomic E-state index is -3.51.